The van der Waals surface area contributed by atoms with Gasteiger partial charge in [-0.05, 0) is 29.3 Å². The van der Waals surface area contributed by atoms with Gasteiger partial charge in [0.15, 0.2) is 0 Å². The number of methoxy groups -OCH3 is 1. The number of hydrogen-bond donors (Lipinski definition) is 0. The third-order valence-corrected chi connectivity index (χ3v) is 4.45. The van der Waals surface area contributed by atoms with E-state index in [1.54, 1.807) is 7.11 Å². The molecule has 1 aliphatic rings. The van der Waals surface area contributed by atoms with Crippen LogP contribution in [0.4, 0.5) is 0 Å². The Morgan fingerprint density at radius 2 is 1.94 bits per heavy atom. The largest absolute Gasteiger partial charge is 0.497 e. The summed E-state index contributed by atoms with van der Waals surface area (Å²) in [4.78, 5) is 0.907. The Morgan fingerprint density at radius 3 is 2.76 bits per heavy atom. The number of fused-ring (bicyclic) bond motifs is 3. The Kier molecular flexibility index (Phi) is 2.48. The predicted octanol–water partition coefficient (Wildman–Crippen LogP) is 2.98. The minimum atomic E-state index is -0.942. The van der Waals surface area contributed by atoms with Crippen LogP contribution in [0.25, 0.3) is 11.1 Å². The maximum absolute atomic E-state index is 12.1. The van der Waals surface area contributed by atoms with Crippen molar-refractivity contribution >= 4 is 10.8 Å². The molecular formula is C14H12O2S. The molecule has 0 aromatic heterocycles. The lowest BCUT2D eigenvalue weighted by molar-refractivity contribution is 0.414. The smallest absolute Gasteiger partial charge is 0.119 e. The summed E-state index contributed by atoms with van der Waals surface area (Å²) >= 11 is 0. The van der Waals surface area contributed by atoms with Gasteiger partial charge in [-0.25, -0.2) is 0 Å². The lowest BCUT2D eigenvalue weighted by Gasteiger charge is -2.19. The zero-order valence-corrected chi connectivity index (χ0v) is 10.3. The van der Waals surface area contributed by atoms with E-state index in [2.05, 4.69) is 6.07 Å². The highest BCUT2D eigenvalue weighted by Gasteiger charge is 2.21. The van der Waals surface area contributed by atoms with Crippen molar-refractivity contribution in [2.45, 2.75) is 10.6 Å². The first-order chi connectivity index (χ1) is 8.29. The third-order valence-electron chi connectivity index (χ3n) is 3.03. The molecule has 0 radical (unpaired) electrons. The highest BCUT2D eigenvalue weighted by atomic mass is 32.2. The van der Waals surface area contributed by atoms with Gasteiger partial charge >= 0.3 is 0 Å². The van der Waals surface area contributed by atoms with Gasteiger partial charge in [-0.2, -0.15) is 0 Å². The Hall–Kier alpha value is -1.61. The van der Waals surface area contributed by atoms with E-state index in [0.717, 1.165) is 21.8 Å². The molecule has 0 aliphatic carbocycles. The molecule has 3 heteroatoms. The quantitative estimate of drug-likeness (QED) is 0.771. The van der Waals surface area contributed by atoms with Crippen LogP contribution in [-0.4, -0.2) is 11.3 Å². The topological polar surface area (TPSA) is 26.3 Å². The molecule has 1 unspecified atom stereocenters. The summed E-state index contributed by atoms with van der Waals surface area (Å²) in [7, 11) is 0.704. The Bertz CT molecular complexity index is 605. The lowest BCUT2D eigenvalue weighted by Crippen LogP contribution is -2.06. The van der Waals surface area contributed by atoms with Gasteiger partial charge in [-0.1, -0.05) is 24.3 Å². The van der Waals surface area contributed by atoms with Crippen LogP contribution >= 0.6 is 0 Å². The van der Waals surface area contributed by atoms with Crippen LogP contribution in [0.2, 0.25) is 0 Å². The normalized spacial score (nSPS) is 17.1. The molecule has 2 aromatic rings. The first-order valence-electron chi connectivity index (χ1n) is 5.44. The van der Waals surface area contributed by atoms with Crippen molar-refractivity contribution in [1.82, 2.24) is 0 Å². The van der Waals surface area contributed by atoms with E-state index in [-0.39, 0.29) is 0 Å². The fourth-order valence-corrected chi connectivity index (χ4v) is 3.50. The van der Waals surface area contributed by atoms with Crippen molar-refractivity contribution in [2.24, 2.45) is 0 Å². The van der Waals surface area contributed by atoms with E-state index in [9.17, 15) is 4.21 Å². The van der Waals surface area contributed by atoms with Gasteiger partial charge in [0.2, 0.25) is 0 Å². The molecule has 1 aliphatic heterocycles. The van der Waals surface area contributed by atoms with Crippen LogP contribution in [0.1, 0.15) is 5.56 Å². The minimum Gasteiger partial charge on any atom is -0.497 e. The molecule has 86 valence electrons. The molecule has 2 aromatic carbocycles. The molecule has 17 heavy (non-hydrogen) atoms. The molecule has 0 fully saturated rings. The number of hydrogen-bond acceptors (Lipinski definition) is 2. The molecule has 3 rings (SSSR count). The fraction of sp³-hybridized carbons (Fsp3) is 0.143. The summed E-state index contributed by atoms with van der Waals surface area (Å²) in [5.74, 6) is 1.41. The Balaban J connectivity index is 2.28. The van der Waals surface area contributed by atoms with Crippen molar-refractivity contribution in [1.29, 1.82) is 0 Å². The van der Waals surface area contributed by atoms with E-state index < -0.39 is 10.8 Å². The second-order valence-electron chi connectivity index (χ2n) is 4.01. The van der Waals surface area contributed by atoms with E-state index >= 15 is 0 Å². The Labute approximate surface area is 103 Å². The first kappa shape index (κ1) is 10.5. The van der Waals surface area contributed by atoms with E-state index in [0.29, 0.717) is 5.75 Å². The van der Waals surface area contributed by atoms with E-state index in [4.69, 9.17) is 4.74 Å². The lowest BCUT2D eigenvalue weighted by atomic mass is 10.00. The Morgan fingerprint density at radius 1 is 1.12 bits per heavy atom. The molecule has 0 N–H and O–H groups in total. The zero-order chi connectivity index (χ0) is 11.8. The van der Waals surface area contributed by atoms with Gasteiger partial charge in [-0.3, -0.25) is 4.21 Å². The van der Waals surface area contributed by atoms with Gasteiger partial charge in [-0.15, -0.1) is 0 Å². The third kappa shape index (κ3) is 1.67. The van der Waals surface area contributed by atoms with Crippen LogP contribution in [0.15, 0.2) is 47.4 Å². The van der Waals surface area contributed by atoms with E-state index in [1.807, 2.05) is 36.4 Å². The van der Waals surface area contributed by atoms with Gasteiger partial charge in [0.25, 0.3) is 0 Å². The molecular weight excluding hydrogens is 232 g/mol. The first-order valence-corrected chi connectivity index (χ1v) is 6.76. The zero-order valence-electron chi connectivity index (χ0n) is 9.47. The second-order valence-corrected chi connectivity index (χ2v) is 5.43. The molecule has 1 atom stereocenters. The minimum absolute atomic E-state index is 0.607. The van der Waals surface area contributed by atoms with Crippen molar-refractivity contribution in [2.75, 3.05) is 7.11 Å². The molecule has 1 heterocycles. The summed E-state index contributed by atoms with van der Waals surface area (Å²) in [6, 6.07) is 13.8. The van der Waals surface area contributed by atoms with Gasteiger partial charge in [0, 0.05) is 10.5 Å². The average Bonchev–Trinajstić information content (AvgIpc) is 2.38. The van der Waals surface area contributed by atoms with Crippen LogP contribution in [0.5, 0.6) is 5.75 Å². The molecule has 0 saturated carbocycles. The van der Waals surface area contributed by atoms with Crippen LogP contribution in [-0.2, 0) is 16.6 Å². The van der Waals surface area contributed by atoms with Crippen LogP contribution < -0.4 is 4.74 Å². The predicted molar refractivity (Wildman–Crippen MR) is 68.5 cm³/mol. The maximum Gasteiger partial charge on any atom is 0.119 e. The molecule has 2 nitrogen and oxygen atoms in total. The summed E-state index contributed by atoms with van der Waals surface area (Å²) in [5, 5.41) is 0. The highest BCUT2D eigenvalue weighted by Crippen LogP contribution is 2.37. The second kappa shape index (κ2) is 4.00. The van der Waals surface area contributed by atoms with Gasteiger partial charge in [0.05, 0.1) is 23.7 Å². The number of ether oxygens (including phenoxy) is 1. The van der Waals surface area contributed by atoms with Crippen LogP contribution in [0.3, 0.4) is 0 Å². The summed E-state index contributed by atoms with van der Waals surface area (Å²) in [6.45, 7) is 0. The standard InChI is InChI=1S/C14H12O2S/c1-16-11-6-7-14-13(8-11)12-5-3-2-4-10(12)9-17(14)15/h2-8H,9H2,1H3. The van der Waals surface area contributed by atoms with Crippen molar-refractivity contribution in [3.63, 3.8) is 0 Å². The SMILES string of the molecule is COc1ccc2c(c1)-c1ccccc1CS2=O. The van der Waals surface area contributed by atoms with E-state index in [1.165, 1.54) is 5.56 Å². The summed E-state index contributed by atoms with van der Waals surface area (Å²) in [6.07, 6.45) is 0. The van der Waals surface area contributed by atoms with Gasteiger partial charge < -0.3 is 4.74 Å². The van der Waals surface area contributed by atoms with Gasteiger partial charge in [0.1, 0.15) is 5.75 Å². The monoisotopic (exact) mass is 244 g/mol. The summed E-state index contributed by atoms with van der Waals surface area (Å²) in [5.41, 5.74) is 3.34. The fourth-order valence-electron chi connectivity index (χ4n) is 2.17. The molecule has 0 bridgehead atoms. The molecule has 0 saturated heterocycles. The number of benzene rings is 2. The number of rotatable bonds is 1. The maximum atomic E-state index is 12.1. The highest BCUT2D eigenvalue weighted by molar-refractivity contribution is 7.84. The molecule has 0 spiro atoms. The average molecular weight is 244 g/mol. The van der Waals surface area contributed by atoms with Crippen molar-refractivity contribution < 1.29 is 8.95 Å². The van der Waals surface area contributed by atoms with Crippen LogP contribution in [0, 0.1) is 0 Å². The van der Waals surface area contributed by atoms with Crippen molar-refractivity contribution in [3.8, 4) is 16.9 Å². The molecule has 0 amide bonds. The van der Waals surface area contributed by atoms with Crippen molar-refractivity contribution in [3.05, 3.63) is 48.0 Å². The summed E-state index contributed by atoms with van der Waals surface area (Å²) < 4.78 is 17.3.